The van der Waals surface area contributed by atoms with E-state index in [9.17, 15) is 29.6 Å². The molecule has 8 nitrogen and oxygen atoms in total. The number of aryl methyl sites for hydroxylation is 1. The zero-order valence-corrected chi connectivity index (χ0v) is 19.5. The van der Waals surface area contributed by atoms with E-state index in [0.29, 0.717) is 5.56 Å². The van der Waals surface area contributed by atoms with E-state index >= 15 is 0 Å². The Kier molecular flexibility index (Phi) is 8.56. The van der Waals surface area contributed by atoms with E-state index in [1.165, 1.54) is 24.3 Å². The Hall–Kier alpha value is -2.48. The minimum atomic E-state index is -4.62. The van der Waals surface area contributed by atoms with Gasteiger partial charge >= 0.3 is 37.4 Å². The molecule has 10 heteroatoms. The van der Waals surface area contributed by atoms with Crippen LogP contribution in [0.4, 0.5) is 0 Å². The summed E-state index contributed by atoms with van der Waals surface area (Å²) < 4.78 is 21.8. The second kappa shape index (κ2) is 10.7. The molecule has 3 aromatic rings. The summed E-state index contributed by atoms with van der Waals surface area (Å²) in [5.41, 5.74) is 0.441. The first kappa shape index (κ1) is 24.8. The van der Waals surface area contributed by atoms with Crippen molar-refractivity contribution in [3.63, 3.8) is 0 Å². The number of benzene rings is 3. The van der Waals surface area contributed by atoms with Crippen LogP contribution >= 0.6 is 7.82 Å². The van der Waals surface area contributed by atoms with E-state index in [2.05, 4.69) is 0 Å². The monoisotopic (exact) mass is 452 g/mol. The summed E-state index contributed by atoms with van der Waals surface area (Å²) in [6.07, 6.45) is 0.248. The molecule has 0 amide bonds. The first-order valence-electron chi connectivity index (χ1n) is 8.86. The predicted octanol–water partition coefficient (Wildman–Crippen LogP) is 0.549. The molecule has 31 heavy (non-hydrogen) atoms. The Morgan fingerprint density at radius 3 is 1.94 bits per heavy atom. The summed E-state index contributed by atoms with van der Waals surface area (Å²) in [6.45, 7) is 0. The molecule has 1 unspecified atom stereocenters. The summed E-state index contributed by atoms with van der Waals surface area (Å²) in [7, 11) is -4.62. The molecule has 0 aromatic heterocycles. The van der Waals surface area contributed by atoms with E-state index in [1.54, 1.807) is 30.3 Å². The molecule has 0 bridgehead atoms. The minimum Gasteiger partial charge on any atom is -0.736 e. The zero-order valence-electron chi connectivity index (χ0n) is 16.6. The maximum absolute atomic E-state index is 12.3. The van der Waals surface area contributed by atoms with E-state index in [-0.39, 0.29) is 65.2 Å². The van der Waals surface area contributed by atoms with Gasteiger partial charge in [-0.15, -0.1) is 0 Å². The van der Waals surface area contributed by atoms with Crippen molar-refractivity contribution in [2.24, 2.45) is 0 Å². The zero-order chi connectivity index (χ0) is 21.7. The van der Waals surface area contributed by atoms with Crippen molar-refractivity contribution < 1.29 is 68.2 Å². The Morgan fingerprint density at radius 1 is 0.871 bits per heavy atom. The molecule has 0 radical (unpaired) electrons. The number of Topliss-reactive ketones (excluding diaryl/α,β-unsaturated/α-hetero) is 1. The number of ketones is 1. The molecule has 3 rings (SSSR count). The Labute approximate surface area is 200 Å². The Bertz CT molecular complexity index is 1060. The SMILES string of the molecule is O=C(CCc1ccc(OP(=O)([O-])Oc2ccccc2)cc1)c1c(O)cc(O)cc1O.[Na+]. The van der Waals surface area contributed by atoms with Crippen molar-refractivity contribution in [3.05, 3.63) is 77.9 Å². The van der Waals surface area contributed by atoms with E-state index in [1.807, 2.05) is 0 Å². The molecule has 1 atom stereocenters. The Morgan fingerprint density at radius 2 is 1.39 bits per heavy atom. The van der Waals surface area contributed by atoms with Crippen molar-refractivity contribution in [1.29, 1.82) is 0 Å². The molecule has 0 fully saturated rings. The van der Waals surface area contributed by atoms with Crippen LogP contribution in [0.1, 0.15) is 22.3 Å². The van der Waals surface area contributed by atoms with E-state index in [4.69, 9.17) is 9.05 Å². The molecule has 0 spiro atoms. The van der Waals surface area contributed by atoms with Crippen LogP contribution in [0.15, 0.2) is 66.7 Å². The van der Waals surface area contributed by atoms with Gasteiger partial charge in [-0.3, -0.25) is 4.79 Å². The first-order valence-corrected chi connectivity index (χ1v) is 10.3. The van der Waals surface area contributed by atoms with Gasteiger partial charge in [0.1, 0.15) is 34.3 Å². The maximum Gasteiger partial charge on any atom is 1.00 e. The number of phosphoric ester groups is 1. The minimum absolute atomic E-state index is 0. The summed E-state index contributed by atoms with van der Waals surface area (Å²) in [6, 6.07) is 15.9. The van der Waals surface area contributed by atoms with Crippen LogP contribution in [0.3, 0.4) is 0 Å². The third kappa shape index (κ3) is 7.02. The fourth-order valence-electron chi connectivity index (χ4n) is 2.74. The van der Waals surface area contributed by atoms with Crippen LogP contribution in [0, 0.1) is 0 Å². The number of phenolic OH excluding ortho intramolecular Hbond substituents is 3. The third-order valence-corrected chi connectivity index (χ3v) is 4.97. The van der Waals surface area contributed by atoms with Gasteiger partial charge in [0.05, 0.1) is 0 Å². The van der Waals surface area contributed by atoms with Crippen LogP contribution in [-0.2, 0) is 11.0 Å². The number of carbonyl (C=O) groups is 1. The average molecular weight is 452 g/mol. The number of carbonyl (C=O) groups excluding carboxylic acids is 1. The molecule has 0 heterocycles. The van der Waals surface area contributed by atoms with Gasteiger partial charge < -0.3 is 29.3 Å². The molecule has 156 valence electrons. The molecule has 0 saturated heterocycles. The molecular formula is C21H18NaO8P. The van der Waals surface area contributed by atoms with Crippen LogP contribution in [0.2, 0.25) is 0 Å². The molecule has 3 aromatic carbocycles. The largest absolute Gasteiger partial charge is 1.00 e. The van der Waals surface area contributed by atoms with Gasteiger partial charge in [-0.05, 0) is 36.2 Å². The number of hydrogen-bond donors (Lipinski definition) is 3. The van der Waals surface area contributed by atoms with Gasteiger partial charge in [0.25, 0.3) is 0 Å². The number of phosphoric acid groups is 1. The van der Waals surface area contributed by atoms with Gasteiger partial charge in [-0.25, -0.2) is 4.57 Å². The van der Waals surface area contributed by atoms with E-state index < -0.39 is 25.1 Å². The summed E-state index contributed by atoms with van der Waals surface area (Å²) in [5, 5.41) is 28.8. The maximum atomic E-state index is 12.3. The number of para-hydroxylation sites is 1. The fourth-order valence-corrected chi connectivity index (χ4v) is 3.54. The quantitative estimate of drug-likeness (QED) is 0.256. The van der Waals surface area contributed by atoms with Crippen LogP contribution < -0.4 is 43.5 Å². The topological polar surface area (TPSA) is 136 Å². The molecule has 0 aliphatic rings. The molecular weight excluding hydrogens is 434 g/mol. The third-order valence-electron chi connectivity index (χ3n) is 4.10. The van der Waals surface area contributed by atoms with Crippen molar-refractivity contribution >= 4 is 13.6 Å². The average Bonchev–Trinajstić information content (AvgIpc) is 2.67. The van der Waals surface area contributed by atoms with Crippen LogP contribution in [0.25, 0.3) is 0 Å². The van der Waals surface area contributed by atoms with Crippen LogP contribution in [-0.4, -0.2) is 21.1 Å². The van der Waals surface area contributed by atoms with Crippen LogP contribution in [0.5, 0.6) is 28.7 Å². The van der Waals surface area contributed by atoms with Crippen molar-refractivity contribution in [2.45, 2.75) is 12.8 Å². The van der Waals surface area contributed by atoms with E-state index in [0.717, 1.165) is 12.1 Å². The standard InChI is InChI=1S/C21H19O8P.Na/c22-15-12-19(24)21(20(25)13-15)18(23)11-8-14-6-9-17(10-7-14)29-30(26,27)28-16-4-2-1-3-5-16;/h1-7,9-10,12-13,22,24-25H,8,11H2,(H,26,27);/q;+1/p-1. The molecule has 0 aliphatic carbocycles. The number of phenols is 3. The second-order valence-electron chi connectivity index (χ2n) is 6.37. The van der Waals surface area contributed by atoms with Crippen molar-refractivity contribution in [1.82, 2.24) is 0 Å². The van der Waals surface area contributed by atoms with Gasteiger partial charge in [0.15, 0.2) is 5.78 Å². The smallest absolute Gasteiger partial charge is 0.736 e. The molecule has 3 N–H and O–H groups in total. The molecule has 0 saturated carbocycles. The fraction of sp³-hybridized carbons (Fsp3) is 0.0952. The first-order chi connectivity index (χ1) is 14.2. The van der Waals surface area contributed by atoms with Gasteiger partial charge in [-0.1, -0.05) is 30.3 Å². The predicted molar refractivity (Wildman–Crippen MR) is 106 cm³/mol. The van der Waals surface area contributed by atoms with Crippen molar-refractivity contribution in [2.75, 3.05) is 0 Å². The van der Waals surface area contributed by atoms with Gasteiger partial charge in [0, 0.05) is 18.6 Å². The van der Waals surface area contributed by atoms with Gasteiger partial charge in [0.2, 0.25) is 0 Å². The summed E-state index contributed by atoms with van der Waals surface area (Å²) >= 11 is 0. The number of rotatable bonds is 8. The summed E-state index contributed by atoms with van der Waals surface area (Å²) in [4.78, 5) is 24.3. The second-order valence-corrected chi connectivity index (χ2v) is 7.63. The normalized spacial score (nSPS) is 12.3. The Balaban J connectivity index is 0.00000341. The number of aromatic hydroxyl groups is 3. The van der Waals surface area contributed by atoms with Gasteiger partial charge in [-0.2, -0.15) is 0 Å². The number of hydrogen-bond acceptors (Lipinski definition) is 8. The summed E-state index contributed by atoms with van der Waals surface area (Å²) in [5.74, 6) is -1.70. The molecule has 0 aliphatic heterocycles. The van der Waals surface area contributed by atoms with Crippen molar-refractivity contribution in [3.8, 4) is 28.7 Å².